The van der Waals surface area contributed by atoms with Crippen molar-refractivity contribution in [2.24, 2.45) is 4.99 Å². The van der Waals surface area contributed by atoms with Crippen molar-refractivity contribution in [2.75, 3.05) is 32.8 Å². The van der Waals surface area contributed by atoms with E-state index in [0.717, 1.165) is 43.5 Å². The molecule has 1 aliphatic rings. The molecule has 0 fully saturated rings. The van der Waals surface area contributed by atoms with E-state index in [0.29, 0.717) is 0 Å². The summed E-state index contributed by atoms with van der Waals surface area (Å²) in [5.74, 6) is 1.35. The molecule has 0 saturated heterocycles. The molecule has 0 bridgehead atoms. The van der Waals surface area contributed by atoms with E-state index >= 15 is 0 Å². The van der Waals surface area contributed by atoms with Gasteiger partial charge in [0.2, 0.25) is 0 Å². The topological polar surface area (TPSA) is 32.6 Å². The highest BCUT2D eigenvalue weighted by Gasteiger charge is 2.36. The lowest BCUT2D eigenvalue weighted by atomic mass is 10.1. The summed E-state index contributed by atoms with van der Waals surface area (Å²) in [6.45, 7) is 6.40. The van der Waals surface area contributed by atoms with Crippen LogP contribution in [0.25, 0.3) is 0 Å². The first kappa shape index (κ1) is 27.8. The van der Waals surface area contributed by atoms with E-state index in [4.69, 9.17) is 4.99 Å². The first-order chi connectivity index (χ1) is 16.3. The maximum Gasteiger partial charge on any atom is 0.198 e. The van der Waals surface area contributed by atoms with Crippen LogP contribution < -0.4 is 0 Å². The Morgan fingerprint density at radius 2 is 1.42 bits per heavy atom. The van der Waals surface area contributed by atoms with Crippen LogP contribution in [0.3, 0.4) is 0 Å². The number of hydrogen-bond donors (Lipinski definition) is 1. The molecule has 0 aliphatic carbocycles. The Balaban J connectivity index is 1.54. The van der Waals surface area contributed by atoms with Gasteiger partial charge in [-0.2, -0.15) is 0 Å². The molecule has 186 valence electrons. The number of aliphatic hydroxyl groups is 1. The second-order valence-electron chi connectivity index (χ2n) is 9.91. The maximum atomic E-state index is 9.73. The second kappa shape index (κ2) is 18.0. The smallest absolute Gasteiger partial charge is 0.198 e. The van der Waals surface area contributed by atoms with E-state index in [1.807, 2.05) is 0 Å². The Hall–Kier alpha value is -1.45. The lowest BCUT2D eigenvalue weighted by molar-refractivity contribution is -0.836. The molecule has 1 unspecified atom stereocenters. The van der Waals surface area contributed by atoms with Gasteiger partial charge in [-0.1, -0.05) is 101 Å². The van der Waals surface area contributed by atoms with Crippen molar-refractivity contribution >= 4 is 5.84 Å². The van der Waals surface area contributed by atoms with Gasteiger partial charge < -0.3 is 5.11 Å². The van der Waals surface area contributed by atoms with Crippen LogP contribution in [0.4, 0.5) is 0 Å². The number of amidine groups is 1. The molecule has 1 atom stereocenters. The summed E-state index contributed by atoms with van der Waals surface area (Å²) in [5, 5.41) is 9.73. The van der Waals surface area contributed by atoms with E-state index in [9.17, 15) is 5.11 Å². The van der Waals surface area contributed by atoms with E-state index in [2.05, 4.69) is 49.4 Å². The van der Waals surface area contributed by atoms with Crippen LogP contribution >= 0.6 is 0 Å². The molecule has 0 amide bonds. The molecule has 0 radical (unpaired) electrons. The van der Waals surface area contributed by atoms with Gasteiger partial charge in [-0.25, -0.2) is 4.99 Å². The number of unbranched alkanes of at least 4 members (excludes halogenated alkanes) is 11. The van der Waals surface area contributed by atoms with Crippen molar-refractivity contribution < 1.29 is 9.59 Å². The SMILES string of the molecule is CCCCCCCC/C=C/CCCCCCCC1=NCC[N+]1(CCO)CCc1ccccc1. The Labute approximate surface area is 204 Å². The van der Waals surface area contributed by atoms with Crippen LogP contribution in [0.1, 0.15) is 102 Å². The quantitative estimate of drug-likeness (QED) is 0.123. The summed E-state index contributed by atoms with van der Waals surface area (Å²) in [4.78, 5) is 4.89. The van der Waals surface area contributed by atoms with E-state index in [1.54, 1.807) is 0 Å². The summed E-state index contributed by atoms with van der Waals surface area (Å²) in [6.07, 6.45) is 24.4. The molecule has 1 aromatic rings. The summed E-state index contributed by atoms with van der Waals surface area (Å²) in [5.41, 5.74) is 1.39. The molecule has 2 rings (SSSR count). The van der Waals surface area contributed by atoms with Crippen LogP contribution in [0.15, 0.2) is 47.5 Å². The van der Waals surface area contributed by atoms with Crippen molar-refractivity contribution in [2.45, 2.75) is 103 Å². The number of benzene rings is 1. The lowest BCUT2D eigenvalue weighted by Crippen LogP contribution is -2.53. The van der Waals surface area contributed by atoms with Gasteiger partial charge in [-0.05, 0) is 37.7 Å². The zero-order chi connectivity index (χ0) is 23.5. The molecule has 33 heavy (non-hydrogen) atoms. The minimum atomic E-state index is 0.250. The van der Waals surface area contributed by atoms with Gasteiger partial charge in [0, 0.05) is 12.8 Å². The summed E-state index contributed by atoms with van der Waals surface area (Å²) < 4.78 is 0.912. The lowest BCUT2D eigenvalue weighted by Gasteiger charge is -2.34. The third-order valence-corrected chi connectivity index (χ3v) is 7.23. The number of nitrogens with zero attached hydrogens (tertiary/aromatic N) is 2. The highest BCUT2D eigenvalue weighted by atomic mass is 16.3. The summed E-state index contributed by atoms with van der Waals surface area (Å²) in [6, 6.07) is 10.8. The third-order valence-electron chi connectivity index (χ3n) is 7.23. The molecular formula is C30H51N2O+. The van der Waals surface area contributed by atoms with Crippen LogP contribution in [0.5, 0.6) is 0 Å². The second-order valence-corrected chi connectivity index (χ2v) is 9.91. The van der Waals surface area contributed by atoms with Gasteiger partial charge in [0.1, 0.15) is 13.1 Å². The molecule has 0 aromatic heterocycles. The van der Waals surface area contributed by atoms with Crippen molar-refractivity contribution in [1.82, 2.24) is 0 Å². The summed E-state index contributed by atoms with van der Waals surface area (Å²) >= 11 is 0. The van der Waals surface area contributed by atoms with Gasteiger partial charge >= 0.3 is 0 Å². The zero-order valence-corrected chi connectivity index (χ0v) is 21.5. The van der Waals surface area contributed by atoms with Gasteiger partial charge in [-0.3, -0.25) is 4.48 Å². The number of rotatable bonds is 20. The van der Waals surface area contributed by atoms with Crippen LogP contribution in [-0.4, -0.2) is 48.2 Å². The normalized spacial score (nSPS) is 18.3. The Bertz CT molecular complexity index is 655. The van der Waals surface area contributed by atoms with Gasteiger partial charge in [0.05, 0.1) is 19.7 Å². The number of allylic oxidation sites excluding steroid dienone is 2. The third kappa shape index (κ3) is 11.5. The largest absolute Gasteiger partial charge is 0.390 e. The van der Waals surface area contributed by atoms with Crippen LogP contribution in [0.2, 0.25) is 0 Å². The van der Waals surface area contributed by atoms with Crippen LogP contribution in [-0.2, 0) is 6.42 Å². The summed E-state index contributed by atoms with van der Waals surface area (Å²) in [7, 11) is 0. The van der Waals surface area contributed by atoms with E-state index in [1.165, 1.54) is 94.9 Å². The molecule has 1 N–H and O–H groups in total. The molecule has 0 saturated carbocycles. The van der Waals surface area contributed by atoms with Crippen molar-refractivity contribution in [3.8, 4) is 0 Å². The van der Waals surface area contributed by atoms with Crippen LogP contribution in [0, 0.1) is 0 Å². The van der Waals surface area contributed by atoms with E-state index in [-0.39, 0.29) is 6.61 Å². The number of quaternary nitrogens is 1. The van der Waals surface area contributed by atoms with Crippen molar-refractivity contribution in [3.05, 3.63) is 48.0 Å². The minimum absolute atomic E-state index is 0.250. The number of aliphatic imine (C=N–C) groups is 1. The van der Waals surface area contributed by atoms with Gasteiger partial charge in [0.15, 0.2) is 5.84 Å². The predicted molar refractivity (Wildman–Crippen MR) is 144 cm³/mol. The highest BCUT2D eigenvalue weighted by Crippen LogP contribution is 2.21. The average molecular weight is 456 g/mol. The fourth-order valence-electron chi connectivity index (χ4n) is 5.09. The zero-order valence-electron chi connectivity index (χ0n) is 21.5. The number of hydrogen-bond acceptors (Lipinski definition) is 2. The van der Waals surface area contributed by atoms with Crippen molar-refractivity contribution in [1.29, 1.82) is 0 Å². The van der Waals surface area contributed by atoms with Gasteiger partial charge in [-0.15, -0.1) is 0 Å². The molecule has 1 heterocycles. The number of aliphatic hydroxyl groups excluding tert-OH is 1. The fourth-order valence-corrected chi connectivity index (χ4v) is 5.09. The van der Waals surface area contributed by atoms with Crippen molar-refractivity contribution in [3.63, 3.8) is 0 Å². The first-order valence-corrected chi connectivity index (χ1v) is 14.0. The highest BCUT2D eigenvalue weighted by molar-refractivity contribution is 5.76. The maximum absolute atomic E-state index is 9.73. The Morgan fingerprint density at radius 3 is 2.09 bits per heavy atom. The molecule has 1 aromatic carbocycles. The fraction of sp³-hybridized carbons (Fsp3) is 0.700. The molecule has 3 heteroatoms. The Kier molecular flexibility index (Phi) is 15.1. The van der Waals surface area contributed by atoms with Gasteiger partial charge in [0.25, 0.3) is 0 Å². The molecule has 3 nitrogen and oxygen atoms in total. The average Bonchev–Trinajstić information content (AvgIpc) is 3.23. The Morgan fingerprint density at radius 1 is 0.788 bits per heavy atom. The monoisotopic (exact) mass is 455 g/mol. The predicted octanol–water partition coefficient (Wildman–Crippen LogP) is 7.49. The molecule has 1 aliphatic heterocycles. The standard InChI is InChI=1S/C30H51N2O/c1-2-3-4-5-6-7-8-9-10-11-12-13-14-15-19-22-30-31-24-26-32(30,27-28-33)25-23-29-20-17-16-18-21-29/h9-10,16-18,20-21,33H,2-8,11-15,19,22-28H2,1H3/q+1/b10-9+. The molecule has 0 spiro atoms. The molecular weight excluding hydrogens is 404 g/mol. The minimum Gasteiger partial charge on any atom is -0.390 e. The van der Waals surface area contributed by atoms with E-state index < -0.39 is 0 Å². The first-order valence-electron chi connectivity index (χ1n) is 14.0.